The van der Waals surface area contributed by atoms with Gasteiger partial charge in [-0.05, 0) is 38.1 Å². The van der Waals surface area contributed by atoms with Crippen LogP contribution in [0.1, 0.15) is 32.3 Å². The highest BCUT2D eigenvalue weighted by molar-refractivity contribution is 6.32. The van der Waals surface area contributed by atoms with Gasteiger partial charge in [-0.1, -0.05) is 31.0 Å². The fraction of sp³-hybridized carbons (Fsp3) is 0.500. The summed E-state index contributed by atoms with van der Waals surface area (Å²) in [5.74, 6) is -0.579. The second-order valence-corrected chi connectivity index (χ2v) is 5.09. The zero-order chi connectivity index (χ0) is 14.5. The van der Waals surface area contributed by atoms with Gasteiger partial charge in [-0.3, -0.25) is 0 Å². The molecule has 0 radical (unpaired) electrons. The maximum Gasteiger partial charge on any atom is 0.347 e. The van der Waals surface area contributed by atoms with Crippen molar-refractivity contribution >= 4 is 17.6 Å². The van der Waals surface area contributed by atoms with Crippen molar-refractivity contribution in [1.82, 2.24) is 5.32 Å². The van der Waals surface area contributed by atoms with E-state index >= 15 is 0 Å². The molecule has 0 aliphatic carbocycles. The highest BCUT2D eigenvalue weighted by Crippen LogP contribution is 2.30. The van der Waals surface area contributed by atoms with E-state index in [1.165, 1.54) is 0 Å². The molecule has 5 heteroatoms. The first-order valence-electron chi connectivity index (χ1n) is 6.28. The number of hydrogen-bond acceptors (Lipinski definition) is 3. The minimum Gasteiger partial charge on any atom is -0.478 e. The van der Waals surface area contributed by atoms with Crippen LogP contribution < -0.4 is 10.1 Å². The number of hydrogen-bond donors (Lipinski definition) is 2. The minimum atomic E-state index is -1.25. The molecule has 19 heavy (non-hydrogen) atoms. The van der Waals surface area contributed by atoms with E-state index < -0.39 is 11.6 Å². The quantitative estimate of drug-likeness (QED) is 0.808. The number of halogens is 1. The Labute approximate surface area is 118 Å². The molecular weight excluding hydrogens is 266 g/mol. The number of carbonyl (C=O) groups is 1. The van der Waals surface area contributed by atoms with E-state index in [1.54, 1.807) is 19.1 Å². The molecule has 2 N–H and O–H groups in total. The van der Waals surface area contributed by atoms with Crippen molar-refractivity contribution in [2.45, 2.75) is 38.8 Å². The topological polar surface area (TPSA) is 58.6 Å². The summed E-state index contributed by atoms with van der Waals surface area (Å²) in [5, 5.41) is 12.7. The van der Waals surface area contributed by atoms with Crippen LogP contribution in [0.15, 0.2) is 18.2 Å². The summed E-state index contributed by atoms with van der Waals surface area (Å²) in [6.45, 7) is 4.18. The first-order valence-corrected chi connectivity index (χ1v) is 6.66. The molecule has 0 heterocycles. The molecule has 0 fully saturated rings. The van der Waals surface area contributed by atoms with Crippen LogP contribution in [0.2, 0.25) is 5.02 Å². The van der Waals surface area contributed by atoms with Gasteiger partial charge < -0.3 is 15.2 Å². The van der Waals surface area contributed by atoms with Gasteiger partial charge in [0.25, 0.3) is 0 Å². The molecule has 0 aromatic heterocycles. The zero-order valence-electron chi connectivity index (χ0n) is 11.5. The van der Waals surface area contributed by atoms with Crippen LogP contribution in [-0.4, -0.2) is 23.7 Å². The van der Waals surface area contributed by atoms with Crippen molar-refractivity contribution in [2.75, 3.05) is 7.05 Å². The SMILES string of the molecule is CCCC(C)(Oc1ccc(CNC)cc1Cl)C(=O)O. The predicted molar refractivity (Wildman–Crippen MR) is 75.8 cm³/mol. The molecule has 0 saturated carbocycles. The van der Waals surface area contributed by atoms with Gasteiger partial charge in [0.1, 0.15) is 5.75 Å². The van der Waals surface area contributed by atoms with Crippen LogP contribution in [0.3, 0.4) is 0 Å². The third-order valence-corrected chi connectivity index (χ3v) is 3.19. The number of rotatable bonds is 7. The Balaban J connectivity index is 2.94. The maximum atomic E-state index is 11.3. The van der Waals surface area contributed by atoms with Crippen LogP contribution >= 0.6 is 11.6 Å². The van der Waals surface area contributed by atoms with Gasteiger partial charge in [0.15, 0.2) is 0 Å². The van der Waals surface area contributed by atoms with Crippen molar-refractivity contribution < 1.29 is 14.6 Å². The average molecular weight is 286 g/mol. The number of nitrogens with one attached hydrogen (secondary N) is 1. The Kier molecular flexibility index (Phi) is 5.63. The van der Waals surface area contributed by atoms with Crippen LogP contribution in [0.25, 0.3) is 0 Å². The average Bonchev–Trinajstić information content (AvgIpc) is 2.33. The summed E-state index contributed by atoms with van der Waals surface area (Å²) in [5.41, 5.74) is -0.226. The Morgan fingerprint density at radius 2 is 2.21 bits per heavy atom. The highest BCUT2D eigenvalue weighted by Gasteiger charge is 2.35. The Morgan fingerprint density at radius 3 is 2.68 bits per heavy atom. The lowest BCUT2D eigenvalue weighted by Crippen LogP contribution is -2.41. The number of benzene rings is 1. The highest BCUT2D eigenvalue weighted by atomic mass is 35.5. The van der Waals surface area contributed by atoms with Gasteiger partial charge in [0, 0.05) is 6.54 Å². The lowest BCUT2D eigenvalue weighted by atomic mass is 10.0. The molecule has 1 aromatic carbocycles. The number of ether oxygens (including phenoxy) is 1. The fourth-order valence-electron chi connectivity index (χ4n) is 1.86. The summed E-state index contributed by atoms with van der Waals surface area (Å²) >= 11 is 6.13. The van der Waals surface area contributed by atoms with Crippen LogP contribution in [0.5, 0.6) is 5.75 Å². The second-order valence-electron chi connectivity index (χ2n) is 4.68. The van der Waals surface area contributed by atoms with Gasteiger partial charge in [-0.15, -0.1) is 0 Å². The van der Waals surface area contributed by atoms with Crippen molar-refractivity contribution in [2.24, 2.45) is 0 Å². The molecule has 1 atom stereocenters. The van der Waals surface area contributed by atoms with Crippen LogP contribution in [0.4, 0.5) is 0 Å². The van der Waals surface area contributed by atoms with E-state index in [4.69, 9.17) is 16.3 Å². The van der Waals surface area contributed by atoms with Gasteiger partial charge in [-0.2, -0.15) is 0 Å². The number of aliphatic carboxylic acids is 1. The summed E-state index contributed by atoms with van der Waals surface area (Å²) < 4.78 is 5.62. The smallest absolute Gasteiger partial charge is 0.347 e. The standard InChI is InChI=1S/C14H20ClNO3/c1-4-7-14(2,13(17)18)19-12-6-5-10(9-16-3)8-11(12)15/h5-6,8,16H,4,7,9H2,1-3H3,(H,17,18). The first kappa shape index (κ1) is 15.8. The molecule has 1 unspecified atom stereocenters. The molecule has 0 bridgehead atoms. The van der Waals surface area contributed by atoms with Gasteiger partial charge >= 0.3 is 5.97 Å². The zero-order valence-corrected chi connectivity index (χ0v) is 12.3. The molecule has 0 aliphatic rings. The fourth-order valence-corrected chi connectivity index (χ4v) is 2.10. The molecule has 0 saturated heterocycles. The molecular formula is C14H20ClNO3. The number of carboxylic acid groups (broad SMARTS) is 1. The Morgan fingerprint density at radius 1 is 1.53 bits per heavy atom. The monoisotopic (exact) mass is 285 g/mol. The summed E-state index contributed by atoms with van der Waals surface area (Å²) in [6, 6.07) is 5.36. The Hall–Kier alpha value is -1.26. The van der Waals surface area contributed by atoms with E-state index in [0.29, 0.717) is 23.7 Å². The van der Waals surface area contributed by atoms with E-state index in [9.17, 15) is 9.90 Å². The van der Waals surface area contributed by atoms with E-state index in [1.807, 2.05) is 20.0 Å². The van der Waals surface area contributed by atoms with Crippen molar-refractivity contribution in [1.29, 1.82) is 0 Å². The van der Waals surface area contributed by atoms with Crippen LogP contribution in [-0.2, 0) is 11.3 Å². The third-order valence-electron chi connectivity index (χ3n) is 2.89. The van der Waals surface area contributed by atoms with Crippen molar-refractivity contribution in [3.8, 4) is 5.75 Å². The molecule has 1 rings (SSSR count). The summed E-state index contributed by atoms with van der Waals surface area (Å²) in [7, 11) is 1.85. The normalized spacial score (nSPS) is 13.9. The van der Waals surface area contributed by atoms with Crippen molar-refractivity contribution in [3.05, 3.63) is 28.8 Å². The minimum absolute atomic E-state index is 0.403. The summed E-state index contributed by atoms with van der Waals surface area (Å²) in [4.78, 5) is 11.3. The molecule has 4 nitrogen and oxygen atoms in total. The predicted octanol–water partition coefficient (Wildman–Crippen LogP) is 3.08. The number of carboxylic acids is 1. The van der Waals surface area contributed by atoms with Gasteiger partial charge in [0.05, 0.1) is 5.02 Å². The molecule has 106 valence electrons. The van der Waals surface area contributed by atoms with Gasteiger partial charge in [-0.25, -0.2) is 4.79 Å². The molecule has 1 aromatic rings. The molecule has 0 aliphatic heterocycles. The second kappa shape index (κ2) is 6.78. The van der Waals surface area contributed by atoms with Gasteiger partial charge in [0.2, 0.25) is 5.60 Å². The lowest BCUT2D eigenvalue weighted by molar-refractivity contribution is -0.154. The lowest BCUT2D eigenvalue weighted by Gasteiger charge is -2.26. The Bertz CT molecular complexity index is 450. The molecule has 0 spiro atoms. The first-order chi connectivity index (χ1) is 8.92. The van der Waals surface area contributed by atoms with E-state index in [0.717, 1.165) is 12.0 Å². The largest absolute Gasteiger partial charge is 0.478 e. The van der Waals surface area contributed by atoms with Crippen molar-refractivity contribution in [3.63, 3.8) is 0 Å². The maximum absolute atomic E-state index is 11.3. The van der Waals surface area contributed by atoms with Crippen LogP contribution in [0, 0.1) is 0 Å². The third kappa shape index (κ3) is 4.11. The molecule has 0 amide bonds. The van der Waals surface area contributed by atoms with E-state index in [2.05, 4.69) is 5.32 Å². The summed E-state index contributed by atoms with van der Waals surface area (Å²) in [6.07, 6.45) is 1.15. The van der Waals surface area contributed by atoms with E-state index in [-0.39, 0.29) is 0 Å².